The number of phenols is 1. The predicted octanol–water partition coefficient (Wildman–Crippen LogP) is 3.34. The van der Waals surface area contributed by atoms with Crippen molar-refractivity contribution in [3.05, 3.63) is 108 Å². The van der Waals surface area contributed by atoms with Gasteiger partial charge in [-0.05, 0) is 64.3 Å². The van der Waals surface area contributed by atoms with Gasteiger partial charge in [-0.2, -0.15) is 0 Å². The molecule has 192 valence electrons. The van der Waals surface area contributed by atoms with Crippen LogP contribution in [0.25, 0.3) is 5.69 Å². The van der Waals surface area contributed by atoms with E-state index in [1.54, 1.807) is 49.4 Å². The average Bonchev–Trinajstić information content (AvgIpc) is 3.17. The minimum absolute atomic E-state index is 0.0949. The van der Waals surface area contributed by atoms with Crippen LogP contribution in [0.2, 0.25) is 0 Å². The van der Waals surface area contributed by atoms with E-state index in [0.29, 0.717) is 32.4 Å². The van der Waals surface area contributed by atoms with Crippen molar-refractivity contribution in [2.24, 2.45) is 0 Å². The lowest BCUT2D eigenvalue weighted by Gasteiger charge is -2.39. The molecular weight excluding hydrogens is 554 g/mol. The van der Waals surface area contributed by atoms with Crippen LogP contribution in [0.3, 0.4) is 0 Å². The van der Waals surface area contributed by atoms with E-state index in [9.17, 15) is 24.3 Å². The van der Waals surface area contributed by atoms with Crippen molar-refractivity contribution >= 4 is 27.5 Å². The molecule has 38 heavy (non-hydrogen) atoms. The summed E-state index contributed by atoms with van der Waals surface area (Å²) in [5, 5.41) is 10.4. The number of Topliss-reactive ketones (excluding diaryl/α,β-unsaturated/α-hetero) is 1. The Bertz CT molecular complexity index is 1770. The van der Waals surface area contributed by atoms with Crippen LogP contribution >= 0.6 is 15.9 Å². The first-order chi connectivity index (χ1) is 18.2. The van der Waals surface area contributed by atoms with E-state index in [4.69, 9.17) is 4.74 Å². The number of hydrogen-bond donors (Lipinski definition) is 1. The van der Waals surface area contributed by atoms with Crippen LogP contribution in [-0.2, 0) is 16.1 Å². The van der Waals surface area contributed by atoms with Crippen LogP contribution in [-0.4, -0.2) is 37.7 Å². The SMILES string of the molecule is COc1cc([C@H]2C3=CCn4c(=O)n(-c5ccccc5)c(=O)n4[C@@H]3CC3=C2C(=O)C(C)=CC3=O)cc(Br)c1O. The largest absolute Gasteiger partial charge is 0.503 e. The predicted molar refractivity (Wildman–Crippen MR) is 142 cm³/mol. The number of aromatic hydroxyl groups is 1. The van der Waals surface area contributed by atoms with E-state index in [1.165, 1.54) is 22.5 Å². The standard InChI is InChI=1S/C28H22BrN3O6/c1-14-10-21(33)18-13-20-17(23(24(18)25(14)34)15-11-19(29)26(35)22(12-15)38-2)8-9-30-27(36)31(28(37)32(20)30)16-6-4-3-5-7-16/h3-8,10-12,20,23,35H,9,13H2,1-2H3/t20-,23+/m1/s1. The monoisotopic (exact) mass is 575 g/mol. The average molecular weight is 576 g/mol. The molecular formula is C28H22BrN3O6. The minimum atomic E-state index is -0.689. The van der Waals surface area contributed by atoms with Crippen molar-refractivity contribution in [2.45, 2.75) is 31.8 Å². The number of carbonyl (C=O) groups is 2. The lowest BCUT2D eigenvalue weighted by atomic mass is 9.68. The molecule has 10 heteroatoms. The summed E-state index contributed by atoms with van der Waals surface area (Å²) >= 11 is 3.36. The third-order valence-electron chi connectivity index (χ3n) is 7.45. The highest BCUT2D eigenvalue weighted by molar-refractivity contribution is 9.10. The third kappa shape index (κ3) is 3.36. The number of hydrogen-bond acceptors (Lipinski definition) is 6. The quantitative estimate of drug-likeness (QED) is 0.378. The highest BCUT2D eigenvalue weighted by Crippen LogP contribution is 2.51. The first-order valence-corrected chi connectivity index (χ1v) is 12.8. The van der Waals surface area contributed by atoms with Gasteiger partial charge < -0.3 is 9.84 Å². The lowest BCUT2D eigenvalue weighted by molar-refractivity contribution is -0.116. The molecule has 0 fully saturated rings. The van der Waals surface area contributed by atoms with Crippen molar-refractivity contribution in [1.29, 1.82) is 0 Å². The van der Waals surface area contributed by atoms with E-state index in [-0.39, 0.29) is 36.0 Å². The van der Waals surface area contributed by atoms with Gasteiger partial charge in [-0.3, -0.25) is 9.59 Å². The van der Waals surface area contributed by atoms with Crippen LogP contribution in [0.4, 0.5) is 0 Å². The van der Waals surface area contributed by atoms with Gasteiger partial charge in [0.15, 0.2) is 23.1 Å². The first kappa shape index (κ1) is 24.2. The molecule has 1 aliphatic heterocycles. The molecule has 3 aliphatic rings. The number of benzene rings is 2. The number of aromatic nitrogens is 3. The van der Waals surface area contributed by atoms with Gasteiger partial charge in [0.25, 0.3) is 0 Å². The van der Waals surface area contributed by atoms with Gasteiger partial charge >= 0.3 is 11.4 Å². The number of nitrogens with zero attached hydrogens (tertiary/aromatic N) is 3. The molecule has 0 unspecified atom stereocenters. The molecule has 9 nitrogen and oxygen atoms in total. The van der Waals surface area contributed by atoms with Crippen molar-refractivity contribution in [3.8, 4) is 17.2 Å². The normalized spacial score (nSPS) is 20.4. The van der Waals surface area contributed by atoms with Crippen molar-refractivity contribution in [1.82, 2.24) is 13.9 Å². The zero-order valence-electron chi connectivity index (χ0n) is 20.5. The summed E-state index contributed by atoms with van der Waals surface area (Å²) in [5.41, 5.74) is 1.78. The summed E-state index contributed by atoms with van der Waals surface area (Å²) in [7, 11) is 1.42. The Morgan fingerprint density at radius 3 is 2.50 bits per heavy atom. The van der Waals surface area contributed by atoms with Gasteiger partial charge in [0, 0.05) is 29.1 Å². The molecule has 1 N–H and O–H groups in total. The summed E-state index contributed by atoms with van der Waals surface area (Å²) in [6.45, 7) is 1.73. The summed E-state index contributed by atoms with van der Waals surface area (Å²) in [6, 6.07) is 11.3. The molecule has 2 atom stereocenters. The van der Waals surface area contributed by atoms with Crippen LogP contribution < -0.4 is 16.1 Å². The molecule has 3 aromatic rings. The fourth-order valence-electron chi connectivity index (χ4n) is 5.73. The van der Waals surface area contributed by atoms with Gasteiger partial charge in [-0.25, -0.2) is 23.5 Å². The third-order valence-corrected chi connectivity index (χ3v) is 8.05. The van der Waals surface area contributed by atoms with E-state index in [2.05, 4.69) is 15.9 Å². The van der Waals surface area contributed by atoms with Crippen LogP contribution in [0.1, 0.15) is 30.9 Å². The molecule has 1 aromatic heterocycles. The van der Waals surface area contributed by atoms with Crippen molar-refractivity contribution in [2.75, 3.05) is 7.11 Å². The molecule has 6 rings (SSSR count). The van der Waals surface area contributed by atoms with Gasteiger partial charge in [-0.15, -0.1) is 0 Å². The second-order valence-electron chi connectivity index (χ2n) is 9.49. The summed E-state index contributed by atoms with van der Waals surface area (Å²) in [6.07, 6.45) is 3.28. The van der Waals surface area contributed by atoms with E-state index >= 15 is 0 Å². The number of rotatable bonds is 3. The van der Waals surface area contributed by atoms with E-state index < -0.39 is 23.3 Å². The molecule has 0 saturated carbocycles. The van der Waals surface area contributed by atoms with Gasteiger partial charge in [0.2, 0.25) is 0 Å². The Morgan fingerprint density at radius 1 is 1.05 bits per heavy atom. The Balaban J connectivity index is 1.61. The second-order valence-corrected chi connectivity index (χ2v) is 10.3. The molecule has 0 amide bonds. The van der Waals surface area contributed by atoms with Gasteiger partial charge in [0.1, 0.15) is 0 Å². The zero-order chi connectivity index (χ0) is 26.9. The van der Waals surface area contributed by atoms with Crippen LogP contribution in [0.5, 0.6) is 11.5 Å². The molecule has 0 saturated heterocycles. The summed E-state index contributed by atoms with van der Waals surface area (Å²) in [5.74, 6) is -1.13. The molecule has 0 bridgehead atoms. The fourth-order valence-corrected chi connectivity index (χ4v) is 6.19. The number of carbonyl (C=O) groups excluding carboxylic acids is 2. The minimum Gasteiger partial charge on any atom is -0.503 e. The maximum atomic E-state index is 13.7. The fraction of sp³-hybridized carbons (Fsp3) is 0.214. The second kappa shape index (κ2) is 8.70. The molecule has 0 radical (unpaired) electrons. The molecule has 2 aromatic carbocycles. The molecule has 2 heterocycles. The number of halogens is 1. The number of ketones is 2. The van der Waals surface area contributed by atoms with Gasteiger partial charge in [0.05, 0.1) is 29.9 Å². The Hall–Kier alpha value is -4.18. The van der Waals surface area contributed by atoms with Crippen LogP contribution in [0, 0.1) is 0 Å². The summed E-state index contributed by atoms with van der Waals surface area (Å²) in [4.78, 5) is 53.8. The van der Waals surface area contributed by atoms with E-state index in [0.717, 1.165) is 10.1 Å². The van der Waals surface area contributed by atoms with Crippen LogP contribution in [0.15, 0.2) is 91.0 Å². The Labute approximate surface area is 224 Å². The Morgan fingerprint density at radius 2 is 1.79 bits per heavy atom. The first-order valence-electron chi connectivity index (χ1n) is 12.0. The number of fused-ring (bicyclic) bond motifs is 3. The van der Waals surface area contributed by atoms with E-state index in [1.807, 2.05) is 6.08 Å². The zero-order valence-corrected chi connectivity index (χ0v) is 22.1. The number of para-hydroxylation sites is 1. The number of ether oxygens (including phenoxy) is 1. The van der Waals surface area contributed by atoms with Gasteiger partial charge in [-0.1, -0.05) is 24.3 Å². The number of methoxy groups -OCH3 is 1. The maximum absolute atomic E-state index is 13.7. The Kier molecular flexibility index (Phi) is 5.53. The highest BCUT2D eigenvalue weighted by atomic mass is 79.9. The number of allylic oxidation sites excluding steroid dienone is 6. The maximum Gasteiger partial charge on any atom is 0.352 e. The molecule has 2 aliphatic carbocycles. The topological polar surface area (TPSA) is 113 Å². The molecule has 0 spiro atoms. The highest BCUT2D eigenvalue weighted by Gasteiger charge is 2.45. The smallest absolute Gasteiger partial charge is 0.352 e. The lowest BCUT2D eigenvalue weighted by Crippen LogP contribution is -2.40. The van der Waals surface area contributed by atoms with Crippen molar-refractivity contribution < 1.29 is 19.4 Å². The van der Waals surface area contributed by atoms with Crippen molar-refractivity contribution in [3.63, 3.8) is 0 Å². The summed E-state index contributed by atoms with van der Waals surface area (Å²) < 4.78 is 9.61. The number of phenolic OH excluding ortho intramolecular Hbond substituents is 1.